The second kappa shape index (κ2) is 5.89. The van der Waals surface area contributed by atoms with Crippen LogP contribution in [0.3, 0.4) is 0 Å². The molecule has 6 nitrogen and oxygen atoms in total. The summed E-state index contributed by atoms with van der Waals surface area (Å²) in [5.41, 5.74) is 1.53. The summed E-state index contributed by atoms with van der Waals surface area (Å²) in [6.07, 6.45) is 4.14. The van der Waals surface area contributed by atoms with Crippen molar-refractivity contribution in [3.63, 3.8) is 0 Å². The largest absolute Gasteiger partial charge is 0.297 e. The van der Waals surface area contributed by atoms with Crippen LogP contribution in [0.4, 0.5) is 10.1 Å². The fourth-order valence-electron chi connectivity index (χ4n) is 3.07. The summed E-state index contributed by atoms with van der Waals surface area (Å²) >= 11 is 0. The first-order chi connectivity index (χ1) is 11.6. The van der Waals surface area contributed by atoms with Gasteiger partial charge in [-0.3, -0.25) is 14.7 Å². The average molecular weight is 363 g/mol. The van der Waals surface area contributed by atoms with Crippen molar-refractivity contribution in [2.45, 2.75) is 25.9 Å². The Bertz CT molecular complexity index is 957. The number of carbonyl (C=O) groups is 1. The number of nitrogens with one attached hydrogen (secondary N) is 1. The first kappa shape index (κ1) is 17.5. The molecule has 0 radical (unpaired) electrons. The Hall–Kier alpha value is -2.32. The summed E-state index contributed by atoms with van der Waals surface area (Å²) in [4.78, 5) is 18.5. The van der Waals surface area contributed by atoms with E-state index in [-0.39, 0.29) is 12.5 Å². The van der Waals surface area contributed by atoms with Gasteiger partial charge in [-0.05, 0) is 43.2 Å². The van der Waals surface area contributed by atoms with E-state index in [9.17, 15) is 17.6 Å². The van der Waals surface area contributed by atoms with Crippen molar-refractivity contribution in [1.82, 2.24) is 9.71 Å². The molecule has 2 aromatic rings. The number of pyridine rings is 1. The maximum absolute atomic E-state index is 13.5. The van der Waals surface area contributed by atoms with E-state index in [1.807, 2.05) is 13.8 Å². The van der Waals surface area contributed by atoms with Crippen molar-refractivity contribution in [1.29, 1.82) is 0 Å². The van der Waals surface area contributed by atoms with Crippen molar-refractivity contribution < 1.29 is 17.6 Å². The fourth-order valence-corrected chi connectivity index (χ4v) is 3.50. The summed E-state index contributed by atoms with van der Waals surface area (Å²) in [6, 6.07) is 5.89. The number of hydrogen-bond donors (Lipinski definition) is 1. The van der Waals surface area contributed by atoms with Crippen LogP contribution in [0.25, 0.3) is 0 Å². The molecule has 1 aliphatic heterocycles. The highest BCUT2D eigenvalue weighted by Gasteiger charge is 2.44. The molecule has 0 saturated carbocycles. The molecule has 3 rings (SSSR count). The SMILES string of the molecule is CC1(C)c2ccc(F)cc2C(=O)N1c1cncc(CNS(C)(=O)=O)c1. The van der Waals surface area contributed by atoms with Crippen LogP contribution in [0.5, 0.6) is 0 Å². The van der Waals surface area contributed by atoms with Crippen molar-refractivity contribution in [3.8, 4) is 0 Å². The van der Waals surface area contributed by atoms with E-state index >= 15 is 0 Å². The number of amides is 1. The van der Waals surface area contributed by atoms with Gasteiger partial charge in [-0.2, -0.15) is 0 Å². The van der Waals surface area contributed by atoms with Gasteiger partial charge in [-0.1, -0.05) is 6.07 Å². The third kappa shape index (κ3) is 3.27. The van der Waals surface area contributed by atoms with Gasteiger partial charge in [0.2, 0.25) is 10.0 Å². The highest BCUT2D eigenvalue weighted by atomic mass is 32.2. The van der Waals surface area contributed by atoms with Crippen LogP contribution in [0, 0.1) is 5.82 Å². The molecule has 8 heteroatoms. The van der Waals surface area contributed by atoms with E-state index in [2.05, 4.69) is 9.71 Å². The standard InChI is InChI=1S/C17H18FN3O3S/c1-17(2)15-5-4-12(18)7-14(15)16(22)21(17)13-6-11(8-19-10-13)9-20-25(3,23)24/h4-8,10,20H,9H2,1-3H3. The van der Waals surface area contributed by atoms with Gasteiger partial charge in [0.25, 0.3) is 5.91 Å². The van der Waals surface area contributed by atoms with Gasteiger partial charge in [0.1, 0.15) is 5.82 Å². The smallest absolute Gasteiger partial charge is 0.259 e. The zero-order valence-electron chi connectivity index (χ0n) is 14.1. The number of sulfonamides is 1. The maximum atomic E-state index is 13.5. The minimum absolute atomic E-state index is 0.0731. The molecule has 0 atom stereocenters. The molecular formula is C17H18FN3O3S. The number of aromatic nitrogens is 1. The van der Waals surface area contributed by atoms with E-state index in [1.165, 1.54) is 24.5 Å². The Kier molecular flexibility index (Phi) is 4.12. The lowest BCUT2D eigenvalue weighted by Gasteiger charge is -2.32. The lowest BCUT2D eigenvalue weighted by molar-refractivity contribution is 0.0981. The zero-order chi connectivity index (χ0) is 18.4. The van der Waals surface area contributed by atoms with Crippen molar-refractivity contribution in [2.24, 2.45) is 0 Å². The minimum atomic E-state index is -3.34. The number of rotatable bonds is 4. The summed E-state index contributed by atoms with van der Waals surface area (Å²) in [6.45, 7) is 3.82. The van der Waals surface area contributed by atoms with Crippen molar-refractivity contribution in [3.05, 3.63) is 59.2 Å². The lowest BCUT2D eigenvalue weighted by Crippen LogP contribution is -2.39. The number of carbonyl (C=O) groups excluding carboxylic acids is 1. The van der Waals surface area contributed by atoms with E-state index < -0.39 is 21.4 Å². The second-order valence-electron chi connectivity index (χ2n) is 6.53. The number of nitrogens with zero attached hydrogens (tertiary/aromatic N) is 2. The zero-order valence-corrected chi connectivity index (χ0v) is 14.9. The molecule has 132 valence electrons. The molecule has 0 bridgehead atoms. The molecule has 2 heterocycles. The summed E-state index contributed by atoms with van der Waals surface area (Å²) in [7, 11) is -3.34. The summed E-state index contributed by atoms with van der Waals surface area (Å²) in [5.74, 6) is -0.775. The van der Waals surface area contributed by atoms with E-state index in [0.29, 0.717) is 16.8 Å². The lowest BCUT2D eigenvalue weighted by atomic mass is 9.93. The molecule has 0 spiro atoms. The van der Waals surface area contributed by atoms with Crippen molar-refractivity contribution >= 4 is 21.6 Å². The monoisotopic (exact) mass is 363 g/mol. The van der Waals surface area contributed by atoms with Crippen LogP contribution >= 0.6 is 0 Å². The van der Waals surface area contributed by atoms with Crippen molar-refractivity contribution in [2.75, 3.05) is 11.2 Å². The van der Waals surface area contributed by atoms with E-state index in [4.69, 9.17) is 0 Å². The van der Waals surface area contributed by atoms with Crippen LogP contribution in [-0.4, -0.2) is 25.6 Å². The minimum Gasteiger partial charge on any atom is -0.297 e. The Morgan fingerprint density at radius 3 is 2.64 bits per heavy atom. The Labute approximate surface area is 145 Å². The number of fused-ring (bicyclic) bond motifs is 1. The number of halogens is 1. The third-order valence-electron chi connectivity index (χ3n) is 4.21. The Morgan fingerprint density at radius 2 is 1.96 bits per heavy atom. The predicted molar refractivity (Wildman–Crippen MR) is 92.2 cm³/mol. The predicted octanol–water partition coefficient (Wildman–Crippen LogP) is 2.17. The second-order valence-corrected chi connectivity index (χ2v) is 8.37. The average Bonchev–Trinajstić information content (AvgIpc) is 2.71. The highest BCUT2D eigenvalue weighted by molar-refractivity contribution is 7.88. The molecule has 1 aromatic carbocycles. The van der Waals surface area contributed by atoms with Gasteiger partial charge in [0.15, 0.2) is 0 Å². The maximum Gasteiger partial charge on any atom is 0.259 e. The third-order valence-corrected chi connectivity index (χ3v) is 4.88. The van der Waals surface area contributed by atoms with Crippen LogP contribution < -0.4 is 9.62 Å². The fraction of sp³-hybridized carbons (Fsp3) is 0.294. The number of hydrogen-bond acceptors (Lipinski definition) is 4. The van der Waals surface area contributed by atoms with Crippen LogP contribution in [0.1, 0.15) is 35.3 Å². The molecule has 25 heavy (non-hydrogen) atoms. The quantitative estimate of drug-likeness (QED) is 0.903. The summed E-state index contributed by atoms with van der Waals surface area (Å²) < 4.78 is 38.4. The first-order valence-corrected chi connectivity index (χ1v) is 9.52. The van der Waals surface area contributed by atoms with E-state index in [0.717, 1.165) is 11.8 Å². The van der Waals surface area contributed by atoms with Gasteiger partial charge < -0.3 is 0 Å². The van der Waals surface area contributed by atoms with Crippen LogP contribution in [0.2, 0.25) is 0 Å². The normalized spacial score (nSPS) is 16.2. The molecule has 1 amide bonds. The van der Waals surface area contributed by atoms with Crippen LogP contribution in [-0.2, 0) is 22.1 Å². The van der Waals surface area contributed by atoms with Crippen LogP contribution in [0.15, 0.2) is 36.7 Å². The van der Waals surface area contributed by atoms with Gasteiger partial charge in [0.05, 0.1) is 23.7 Å². The van der Waals surface area contributed by atoms with Gasteiger partial charge in [0, 0.05) is 18.3 Å². The first-order valence-electron chi connectivity index (χ1n) is 7.63. The molecule has 0 aliphatic carbocycles. The molecule has 0 unspecified atom stereocenters. The van der Waals surface area contributed by atoms with E-state index in [1.54, 1.807) is 17.0 Å². The number of benzene rings is 1. The molecule has 1 aliphatic rings. The topological polar surface area (TPSA) is 79.4 Å². The van der Waals surface area contributed by atoms with Gasteiger partial charge in [-0.25, -0.2) is 17.5 Å². The number of anilines is 1. The molecule has 1 N–H and O–H groups in total. The Morgan fingerprint density at radius 1 is 1.24 bits per heavy atom. The molecule has 1 aromatic heterocycles. The van der Waals surface area contributed by atoms with Gasteiger partial charge in [-0.15, -0.1) is 0 Å². The Balaban J connectivity index is 1.99. The molecular weight excluding hydrogens is 345 g/mol. The highest BCUT2D eigenvalue weighted by Crippen LogP contribution is 2.41. The van der Waals surface area contributed by atoms with Gasteiger partial charge >= 0.3 is 0 Å². The molecule has 0 saturated heterocycles. The summed E-state index contributed by atoms with van der Waals surface area (Å²) in [5, 5.41) is 0. The molecule has 0 fully saturated rings.